The Balaban J connectivity index is 2.28. The van der Waals surface area contributed by atoms with Crippen LogP contribution in [0.4, 0.5) is 0 Å². The summed E-state index contributed by atoms with van der Waals surface area (Å²) >= 11 is 0. The van der Waals surface area contributed by atoms with Crippen LogP contribution in [-0.4, -0.2) is 11.5 Å². The maximum Gasteiger partial charge on any atom is 0.126 e. The van der Waals surface area contributed by atoms with Crippen molar-refractivity contribution in [1.82, 2.24) is 4.40 Å². The van der Waals surface area contributed by atoms with Crippen LogP contribution in [-0.2, 0) is 6.42 Å². The first-order chi connectivity index (χ1) is 11.2. The Labute approximate surface area is 135 Å². The summed E-state index contributed by atoms with van der Waals surface area (Å²) in [4.78, 5) is 0. The number of aryl methyl sites for hydroxylation is 1. The molecule has 0 N–H and O–H groups in total. The first-order valence-corrected chi connectivity index (χ1v) is 7.85. The van der Waals surface area contributed by atoms with Gasteiger partial charge in [0.15, 0.2) is 0 Å². The third kappa shape index (κ3) is 1.95. The van der Waals surface area contributed by atoms with Gasteiger partial charge >= 0.3 is 0 Å². The number of allylic oxidation sites excluding steroid dienone is 1. The molecule has 0 amide bonds. The van der Waals surface area contributed by atoms with Gasteiger partial charge in [0.2, 0.25) is 0 Å². The Bertz CT molecular complexity index is 1060. The Hall–Kier alpha value is -2.74. The fourth-order valence-electron chi connectivity index (χ4n) is 3.59. The zero-order valence-corrected chi connectivity index (χ0v) is 13.5. The fraction of sp³-hybridized carbons (Fsp3) is 0.143. The van der Waals surface area contributed by atoms with Crippen molar-refractivity contribution in [2.24, 2.45) is 0 Å². The minimum absolute atomic E-state index is 0.848. The van der Waals surface area contributed by atoms with E-state index in [1.54, 1.807) is 7.11 Å². The van der Waals surface area contributed by atoms with Crippen LogP contribution in [0.15, 0.2) is 61.2 Å². The molecule has 0 spiro atoms. The summed E-state index contributed by atoms with van der Waals surface area (Å²) in [6.07, 6.45) is 2.81. The van der Waals surface area contributed by atoms with Gasteiger partial charge in [-0.1, -0.05) is 30.3 Å². The van der Waals surface area contributed by atoms with Crippen molar-refractivity contribution in [3.8, 4) is 5.75 Å². The molecule has 4 aromatic rings. The number of pyridine rings is 1. The number of benzene rings is 2. The minimum Gasteiger partial charge on any atom is -0.496 e. The average Bonchev–Trinajstić information content (AvgIpc) is 2.95. The molecule has 114 valence electrons. The lowest BCUT2D eigenvalue weighted by molar-refractivity contribution is 0.419. The van der Waals surface area contributed by atoms with Crippen molar-refractivity contribution in [2.45, 2.75) is 13.3 Å². The number of para-hydroxylation sites is 1. The number of rotatable bonds is 3. The monoisotopic (exact) mass is 301 g/mol. The Kier molecular flexibility index (Phi) is 3.12. The summed E-state index contributed by atoms with van der Waals surface area (Å²) in [7, 11) is 1.73. The smallest absolute Gasteiger partial charge is 0.126 e. The SMILES string of the molecule is C=CCc1ccc(OC)c2cc(C)n3c4ccccc4cc3c12. The van der Waals surface area contributed by atoms with Crippen LogP contribution in [0.25, 0.3) is 27.2 Å². The molecule has 0 atom stereocenters. The molecule has 0 unspecified atom stereocenters. The Morgan fingerprint density at radius 1 is 1.09 bits per heavy atom. The maximum atomic E-state index is 5.60. The molecule has 2 heteroatoms. The maximum absolute atomic E-state index is 5.60. The zero-order valence-electron chi connectivity index (χ0n) is 13.5. The van der Waals surface area contributed by atoms with Crippen LogP contribution in [0.1, 0.15) is 11.3 Å². The summed E-state index contributed by atoms with van der Waals surface area (Å²) in [6, 6.07) is 17.2. The molecule has 0 aliphatic heterocycles. The quantitative estimate of drug-likeness (QED) is 0.469. The van der Waals surface area contributed by atoms with Crippen LogP contribution in [0, 0.1) is 6.92 Å². The summed E-state index contributed by atoms with van der Waals surface area (Å²) in [6.45, 7) is 6.06. The largest absolute Gasteiger partial charge is 0.496 e. The van der Waals surface area contributed by atoms with Crippen molar-refractivity contribution in [3.05, 3.63) is 72.4 Å². The lowest BCUT2D eigenvalue weighted by Gasteiger charge is -2.14. The van der Waals surface area contributed by atoms with E-state index >= 15 is 0 Å². The molecule has 0 radical (unpaired) electrons. The van der Waals surface area contributed by atoms with Crippen LogP contribution in [0.2, 0.25) is 0 Å². The van der Waals surface area contributed by atoms with E-state index < -0.39 is 0 Å². The summed E-state index contributed by atoms with van der Waals surface area (Å²) < 4.78 is 7.94. The van der Waals surface area contributed by atoms with Gasteiger partial charge in [-0.05, 0) is 43.2 Å². The first kappa shape index (κ1) is 13.9. The number of ether oxygens (including phenoxy) is 1. The molecule has 0 saturated heterocycles. The third-order valence-electron chi connectivity index (χ3n) is 4.55. The molecule has 2 aromatic carbocycles. The standard InChI is InChI=1S/C21H19NO/c1-4-7-15-10-11-20(23-3)17-12-14(2)22-18-9-6-5-8-16(18)13-19(22)21(15)17/h4-6,8-13H,1,7H2,2-3H3. The lowest BCUT2D eigenvalue weighted by atomic mass is 10.0. The number of hydrogen-bond donors (Lipinski definition) is 0. The number of fused-ring (bicyclic) bond motifs is 5. The van der Waals surface area contributed by atoms with Crippen molar-refractivity contribution >= 4 is 27.2 Å². The van der Waals surface area contributed by atoms with Gasteiger partial charge in [0.1, 0.15) is 5.75 Å². The molecule has 23 heavy (non-hydrogen) atoms. The number of methoxy groups -OCH3 is 1. The highest BCUT2D eigenvalue weighted by Gasteiger charge is 2.14. The second-order valence-electron chi connectivity index (χ2n) is 5.92. The molecule has 2 aromatic heterocycles. The van der Waals surface area contributed by atoms with Gasteiger partial charge in [-0.15, -0.1) is 6.58 Å². The highest BCUT2D eigenvalue weighted by atomic mass is 16.5. The topological polar surface area (TPSA) is 13.6 Å². The molecule has 2 nitrogen and oxygen atoms in total. The van der Waals surface area contributed by atoms with Crippen molar-refractivity contribution < 1.29 is 4.74 Å². The Morgan fingerprint density at radius 3 is 2.70 bits per heavy atom. The molecule has 0 fully saturated rings. The number of aromatic nitrogens is 1. The lowest BCUT2D eigenvalue weighted by Crippen LogP contribution is -1.96. The molecule has 2 heterocycles. The highest BCUT2D eigenvalue weighted by molar-refractivity contribution is 6.06. The van der Waals surface area contributed by atoms with Gasteiger partial charge in [-0.3, -0.25) is 0 Å². The van der Waals surface area contributed by atoms with E-state index in [1.807, 2.05) is 6.08 Å². The number of nitrogens with zero attached hydrogens (tertiary/aromatic N) is 1. The summed E-state index contributed by atoms with van der Waals surface area (Å²) in [5, 5.41) is 3.68. The molecule has 0 bridgehead atoms. The highest BCUT2D eigenvalue weighted by Crippen LogP contribution is 2.36. The van der Waals surface area contributed by atoms with E-state index in [4.69, 9.17) is 4.74 Å². The minimum atomic E-state index is 0.848. The molecule has 4 rings (SSSR count). The summed E-state index contributed by atoms with van der Waals surface area (Å²) in [5.74, 6) is 0.920. The summed E-state index contributed by atoms with van der Waals surface area (Å²) in [5.41, 5.74) is 4.97. The van der Waals surface area contributed by atoms with Gasteiger partial charge in [-0.2, -0.15) is 0 Å². The van der Waals surface area contributed by atoms with E-state index in [0.717, 1.165) is 12.2 Å². The predicted molar refractivity (Wildman–Crippen MR) is 97.6 cm³/mol. The average molecular weight is 301 g/mol. The van der Waals surface area contributed by atoms with Gasteiger partial charge < -0.3 is 9.14 Å². The van der Waals surface area contributed by atoms with Crippen LogP contribution in [0.3, 0.4) is 0 Å². The number of hydrogen-bond acceptors (Lipinski definition) is 1. The van der Waals surface area contributed by atoms with Gasteiger partial charge in [0.25, 0.3) is 0 Å². The second kappa shape index (κ2) is 5.17. The molecule has 0 aliphatic carbocycles. The third-order valence-corrected chi connectivity index (χ3v) is 4.55. The normalized spacial score (nSPS) is 11.4. The Morgan fingerprint density at radius 2 is 1.91 bits per heavy atom. The molecular weight excluding hydrogens is 282 g/mol. The van der Waals surface area contributed by atoms with Crippen LogP contribution >= 0.6 is 0 Å². The van der Waals surface area contributed by atoms with E-state index in [-0.39, 0.29) is 0 Å². The van der Waals surface area contributed by atoms with E-state index in [9.17, 15) is 0 Å². The van der Waals surface area contributed by atoms with Crippen molar-refractivity contribution in [3.63, 3.8) is 0 Å². The van der Waals surface area contributed by atoms with Crippen molar-refractivity contribution in [1.29, 1.82) is 0 Å². The predicted octanol–water partition coefficient (Wildman–Crippen LogP) is 5.29. The zero-order chi connectivity index (χ0) is 16.0. The van der Waals surface area contributed by atoms with Gasteiger partial charge in [0.05, 0.1) is 18.1 Å². The molecule has 0 aliphatic rings. The van der Waals surface area contributed by atoms with Crippen LogP contribution < -0.4 is 4.74 Å². The van der Waals surface area contributed by atoms with Crippen LogP contribution in [0.5, 0.6) is 5.75 Å². The van der Waals surface area contributed by atoms with E-state index in [0.29, 0.717) is 0 Å². The van der Waals surface area contributed by atoms with Gasteiger partial charge in [-0.25, -0.2) is 0 Å². The first-order valence-electron chi connectivity index (χ1n) is 7.85. The van der Waals surface area contributed by atoms with Crippen molar-refractivity contribution in [2.75, 3.05) is 7.11 Å². The van der Waals surface area contributed by atoms with E-state index in [1.165, 1.54) is 38.4 Å². The van der Waals surface area contributed by atoms with Gasteiger partial charge in [0, 0.05) is 21.9 Å². The van der Waals surface area contributed by atoms with E-state index in [2.05, 4.69) is 66.4 Å². The fourth-order valence-corrected chi connectivity index (χ4v) is 3.59. The molecular formula is C21H19NO. The second-order valence-corrected chi connectivity index (χ2v) is 5.92. The molecule has 0 saturated carbocycles.